The van der Waals surface area contributed by atoms with E-state index in [2.05, 4.69) is 20.9 Å². The van der Waals surface area contributed by atoms with Gasteiger partial charge in [-0.15, -0.1) is 0 Å². The highest BCUT2D eigenvalue weighted by molar-refractivity contribution is 9.10. The predicted molar refractivity (Wildman–Crippen MR) is 52.9 cm³/mol. The summed E-state index contributed by atoms with van der Waals surface area (Å²) in [4.78, 5) is 15.0. The Morgan fingerprint density at radius 3 is 2.92 bits per heavy atom. The Labute approximate surface area is 85.3 Å². The molecular weight excluding hydrogens is 234 g/mol. The van der Waals surface area contributed by atoms with Crippen LogP contribution in [0.2, 0.25) is 0 Å². The number of methoxy groups -OCH3 is 1. The molecule has 13 heavy (non-hydrogen) atoms. The first-order chi connectivity index (χ1) is 6.15. The Kier molecular flexibility index (Phi) is 3.42. The third kappa shape index (κ3) is 2.52. The SMILES string of the molecule is COc1ccnc(Br)c1CC(C)=O. The zero-order valence-corrected chi connectivity index (χ0v) is 9.09. The number of carbonyl (C=O) groups is 1. The molecule has 0 fully saturated rings. The molecule has 0 spiro atoms. The number of carbonyl (C=O) groups excluding carboxylic acids is 1. The molecule has 1 rings (SSSR count). The molecule has 0 amide bonds. The highest BCUT2D eigenvalue weighted by atomic mass is 79.9. The largest absolute Gasteiger partial charge is 0.496 e. The molecule has 0 atom stereocenters. The van der Waals surface area contributed by atoms with Gasteiger partial charge in [-0.2, -0.15) is 0 Å². The van der Waals surface area contributed by atoms with Crippen molar-refractivity contribution in [1.82, 2.24) is 4.98 Å². The molecule has 1 aromatic heterocycles. The van der Waals surface area contributed by atoms with E-state index in [1.54, 1.807) is 26.3 Å². The van der Waals surface area contributed by atoms with Gasteiger partial charge in [0.05, 0.1) is 7.11 Å². The maximum atomic E-state index is 10.9. The van der Waals surface area contributed by atoms with Crippen molar-refractivity contribution in [2.24, 2.45) is 0 Å². The third-order valence-electron chi connectivity index (χ3n) is 1.61. The van der Waals surface area contributed by atoms with Crippen LogP contribution in [0.1, 0.15) is 12.5 Å². The number of aromatic nitrogens is 1. The van der Waals surface area contributed by atoms with Crippen LogP contribution in [-0.4, -0.2) is 17.9 Å². The number of hydrogen-bond acceptors (Lipinski definition) is 3. The number of rotatable bonds is 3. The molecule has 0 bridgehead atoms. The summed E-state index contributed by atoms with van der Waals surface area (Å²) in [6.07, 6.45) is 1.98. The second-order valence-corrected chi connectivity index (χ2v) is 3.41. The fourth-order valence-electron chi connectivity index (χ4n) is 1.05. The quantitative estimate of drug-likeness (QED) is 0.763. The van der Waals surface area contributed by atoms with Gasteiger partial charge in [0.1, 0.15) is 16.1 Å². The summed E-state index contributed by atoms with van der Waals surface area (Å²) in [5.41, 5.74) is 0.803. The van der Waals surface area contributed by atoms with Gasteiger partial charge in [-0.1, -0.05) is 0 Å². The van der Waals surface area contributed by atoms with E-state index in [9.17, 15) is 4.79 Å². The van der Waals surface area contributed by atoms with Crippen LogP contribution in [0.15, 0.2) is 16.9 Å². The minimum atomic E-state index is 0.0898. The van der Waals surface area contributed by atoms with E-state index < -0.39 is 0 Å². The lowest BCUT2D eigenvalue weighted by molar-refractivity contribution is -0.116. The lowest BCUT2D eigenvalue weighted by Gasteiger charge is -2.07. The van der Waals surface area contributed by atoms with Crippen LogP contribution in [0.4, 0.5) is 0 Å². The Morgan fingerprint density at radius 2 is 2.38 bits per heavy atom. The molecule has 0 aromatic carbocycles. The monoisotopic (exact) mass is 243 g/mol. The molecule has 0 radical (unpaired) electrons. The van der Waals surface area contributed by atoms with Crippen LogP contribution in [0.3, 0.4) is 0 Å². The van der Waals surface area contributed by atoms with Gasteiger partial charge in [0, 0.05) is 18.2 Å². The number of halogens is 1. The van der Waals surface area contributed by atoms with Gasteiger partial charge >= 0.3 is 0 Å². The van der Waals surface area contributed by atoms with Gasteiger partial charge in [-0.3, -0.25) is 4.79 Å². The van der Waals surface area contributed by atoms with Crippen LogP contribution >= 0.6 is 15.9 Å². The summed E-state index contributed by atoms with van der Waals surface area (Å²) < 4.78 is 5.77. The van der Waals surface area contributed by atoms with E-state index >= 15 is 0 Å². The number of hydrogen-bond donors (Lipinski definition) is 0. The number of ether oxygens (including phenoxy) is 1. The van der Waals surface area contributed by atoms with E-state index in [1.807, 2.05) is 0 Å². The zero-order valence-electron chi connectivity index (χ0n) is 7.50. The number of pyridine rings is 1. The molecule has 0 N–H and O–H groups in total. The smallest absolute Gasteiger partial charge is 0.134 e. The van der Waals surface area contributed by atoms with Gasteiger partial charge in [0.25, 0.3) is 0 Å². The van der Waals surface area contributed by atoms with Crippen LogP contribution in [-0.2, 0) is 11.2 Å². The minimum absolute atomic E-state index is 0.0898. The van der Waals surface area contributed by atoms with E-state index in [1.165, 1.54) is 0 Å². The molecule has 4 heteroatoms. The fraction of sp³-hybridized carbons (Fsp3) is 0.333. The van der Waals surface area contributed by atoms with Crippen LogP contribution < -0.4 is 4.74 Å². The second kappa shape index (κ2) is 4.37. The lowest BCUT2D eigenvalue weighted by Crippen LogP contribution is -2.01. The summed E-state index contributed by atoms with van der Waals surface area (Å²) in [5.74, 6) is 0.782. The maximum absolute atomic E-state index is 10.9. The first-order valence-corrected chi connectivity index (χ1v) is 4.61. The third-order valence-corrected chi connectivity index (χ3v) is 2.29. The molecule has 1 heterocycles. The number of nitrogens with zero attached hydrogens (tertiary/aromatic N) is 1. The summed E-state index contributed by atoms with van der Waals surface area (Å²) in [6, 6.07) is 1.74. The van der Waals surface area contributed by atoms with Gasteiger partial charge in [0.15, 0.2) is 0 Å². The lowest BCUT2D eigenvalue weighted by atomic mass is 10.1. The molecule has 0 aliphatic heterocycles. The first kappa shape index (κ1) is 10.2. The molecular formula is C9H10BrNO2. The Balaban J connectivity index is 3.07. The van der Waals surface area contributed by atoms with Crippen molar-refractivity contribution in [3.8, 4) is 5.75 Å². The van der Waals surface area contributed by atoms with Crippen molar-refractivity contribution in [3.63, 3.8) is 0 Å². The van der Waals surface area contributed by atoms with Crippen LogP contribution in [0, 0.1) is 0 Å². The van der Waals surface area contributed by atoms with Crippen molar-refractivity contribution in [1.29, 1.82) is 0 Å². The number of ketones is 1. The molecule has 0 saturated heterocycles. The Bertz CT molecular complexity index is 325. The molecule has 70 valence electrons. The van der Waals surface area contributed by atoms with E-state index in [0.29, 0.717) is 16.8 Å². The minimum Gasteiger partial charge on any atom is -0.496 e. The van der Waals surface area contributed by atoms with Crippen molar-refractivity contribution < 1.29 is 9.53 Å². The Hall–Kier alpha value is -0.900. The maximum Gasteiger partial charge on any atom is 0.134 e. The summed E-state index contributed by atoms with van der Waals surface area (Å²) in [6.45, 7) is 1.54. The summed E-state index contributed by atoms with van der Waals surface area (Å²) in [5, 5.41) is 0. The van der Waals surface area contributed by atoms with Crippen LogP contribution in [0.5, 0.6) is 5.75 Å². The van der Waals surface area contributed by atoms with Crippen molar-refractivity contribution >= 4 is 21.7 Å². The van der Waals surface area contributed by atoms with Crippen molar-refractivity contribution in [3.05, 3.63) is 22.4 Å². The van der Waals surface area contributed by atoms with Gasteiger partial charge in [-0.25, -0.2) is 4.98 Å². The summed E-state index contributed by atoms with van der Waals surface area (Å²) >= 11 is 3.27. The van der Waals surface area contributed by atoms with Gasteiger partial charge < -0.3 is 4.74 Å². The molecule has 3 nitrogen and oxygen atoms in total. The molecule has 0 unspecified atom stereocenters. The topological polar surface area (TPSA) is 39.2 Å². The van der Waals surface area contributed by atoms with Gasteiger partial charge in [0.2, 0.25) is 0 Å². The van der Waals surface area contributed by atoms with E-state index in [4.69, 9.17) is 4.74 Å². The average molecular weight is 244 g/mol. The fourth-order valence-corrected chi connectivity index (χ4v) is 1.50. The number of Topliss-reactive ketones (excluding diaryl/α,β-unsaturated/α-hetero) is 1. The first-order valence-electron chi connectivity index (χ1n) is 3.82. The molecule has 0 saturated carbocycles. The Morgan fingerprint density at radius 1 is 1.69 bits per heavy atom. The van der Waals surface area contributed by atoms with Crippen LogP contribution in [0.25, 0.3) is 0 Å². The molecule has 0 aliphatic rings. The molecule has 1 aromatic rings. The normalized spacial score (nSPS) is 9.77. The zero-order chi connectivity index (χ0) is 9.84. The molecule has 0 aliphatic carbocycles. The van der Waals surface area contributed by atoms with E-state index in [0.717, 1.165) is 5.56 Å². The van der Waals surface area contributed by atoms with E-state index in [-0.39, 0.29) is 5.78 Å². The van der Waals surface area contributed by atoms with Gasteiger partial charge in [-0.05, 0) is 28.9 Å². The highest BCUT2D eigenvalue weighted by Crippen LogP contribution is 2.24. The second-order valence-electron chi connectivity index (χ2n) is 2.66. The van der Waals surface area contributed by atoms with Crippen molar-refractivity contribution in [2.75, 3.05) is 7.11 Å². The highest BCUT2D eigenvalue weighted by Gasteiger charge is 2.09. The van der Waals surface area contributed by atoms with Crippen molar-refractivity contribution in [2.45, 2.75) is 13.3 Å². The summed E-state index contributed by atoms with van der Waals surface area (Å²) in [7, 11) is 1.57. The standard InChI is InChI=1S/C9H10BrNO2/c1-6(12)5-7-8(13-2)3-4-11-9(7)10/h3-4H,5H2,1-2H3. The average Bonchev–Trinajstić information content (AvgIpc) is 2.08. The predicted octanol–water partition coefficient (Wildman–Crippen LogP) is 1.98.